The van der Waals surface area contributed by atoms with Gasteiger partial charge in [0.25, 0.3) is 0 Å². The fourth-order valence-electron chi connectivity index (χ4n) is 1.81. The van der Waals surface area contributed by atoms with Gasteiger partial charge in [-0.3, -0.25) is 4.99 Å². The SMILES string of the molecule is C=CC(=C/CCC)/C(=C(\C)N=CC)C(/N)=C(\C)CC. The Morgan fingerprint density at radius 1 is 1.26 bits per heavy atom. The van der Waals surface area contributed by atoms with Crippen molar-refractivity contribution >= 4 is 6.21 Å². The summed E-state index contributed by atoms with van der Waals surface area (Å²) >= 11 is 0. The minimum atomic E-state index is 0.827. The zero-order valence-corrected chi connectivity index (χ0v) is 13.1. The number of nitrogens with zero attached hydrogens (tertiary/aromatic N) is 1. The molecule has 0 unspecified atom stereocenters. The number of allylic oxidation sites excluding steroid dienone is 5. The molecule has 0 aromatic rings. The van der Waals surface area contributed by atoms with E-state index in [1.54, 1.807) is 6.21 Å². The van der Waals surface area contributed by atoms with Gasteiger partial charge in [0.1, 0.15) is 0 Å². The number of rotatable bonds is 7. The number of hydrogen-bond acceptors (Lipinski definition) is 2. The first-order chi connectivity index (χ1) is 9.03. The van der Waals surface area contributed by atoms with Gasteiger partial charge in [-0.2, -0.15) is 0 Å². The summed E-state index contributed by atoms with van der Waals surface area (Å²) in [5.74, 6) is 0. The molecule has 106 valence electrons. The van der Waals surface area contributed by atoms with E-state index in [0.717, 1.165) is 41.8 Å². The van der Waals surface area contributed by atoms with Gasteiger partial charge in [0.2, 0.25) is 0 Å². The maximum atomic E-state index is 6.31. The summed E-state index contributed by atoms with van der Waals surface area (Å²) in [4.78, 5) is 4.39. The lowest BCUT2D eigenvalue weighted by Gasteiger charge is -2.14. The number of nitrogens with two attached hydrogens (primary N) is 1. The Morgan fingerprint density at radius 3 is 2.32 bits per heavy atom. The number of hydrogen-bond donors (Lipinski definition) is 1. The van der Waals surface area contributed by atoms with E-state index >= 15 is 0 Å². The summed E-state index contributed by atoms with van der Waals surface area (Å²) in [5, 5.41) is 0. The summed E-state index contributed by atoms with van der Waals surface area (Å²) in [7, 11) is 0. The zero-order valence-electron chi connectivity index (χ0n) is 13.1. The normalized spacial score (nSPS) is 15.3. The van der Waals surface area contributed by atoms with Crippen molar-refractivity contribution in [1.29, 1.82) is 0 Å². The van der Waals surface area contributed by atoms with Crippen molar-refractivity contribution < 1.29 is 0 Å². The van der Waals surface area contributed by atoms with Crippen LogP contribution in [0, 0.1) is 0 Å². The van der Waals surface area contributed by atoms with E-state index < -0.39 is 0 Å². The molecule has 0 spiro atoms. The fraction of sp³-hybridized carbons (Fsp3) is 0.471. The third kappa shape index (κ3) is 5.29. The molecule has 0 fully saturated rings. The van der Waals surface area contributed by atoms with Crippen LogP contribution in [0.15, 0.2) is 51.8 Å². The van der Waals surface area contributed by atoms with Crippen molar-refractivity contribution in [3.63, 3.8) is 0 Å². The maximum absolute atomic E-state index is 6.31. The van der Waals surface area contributed by atoms with Crippen LogP contribution in [0.5, 0.6) is 0 Å². The first kappa shape index (κ1) is 17.4. The molecule has 0 saturated carbocycles. The second kappa shape index (κ2) is 9.37. The van der Waals surface area contributed by atoms with E-state index in [9.17, 15) is 0 Å². The third-order valence-corrected chi connectivity index (χ3v) is 3.11. The predicted molar refractivity (Wildman–Crippen MR) is 87.2 cm³/mol. The van der Waals surface area contributed by atoms with Gasteiger partial charge in [-0.15, -0.1) is 0 Å². The Bertz CT molecular complexity index is 421. The Morgan fingerprint density at radius 2 is 1.89 bits per heavy atom. The van der Waals surface area contributed by atoms with E-state index in [2.05, 4.69) is 38.4 Å². The number of aliphatic imine (C=N–C) groups is 1. The predicted octanol–water partition coefficient (Wildman–Crippen LogP) is 4.91. The minimum Gasteiger partial charge on any atom is -0.398 e. The molecule has 2 N–H and O–H groups in total. The van der Waals surface area contributed by atoms with Crippen molar-refractivity contribution in [2.24, 2.45) is 10.7 Å². The van der Waals surface area contributed by atoms with E-state index in [-0.39, 0.29) is 0 Å². The van der Waals surface area contributed by atoms with Gasteiger partial charge < -0.3 is 5.73 Å². The van der Waals surface area contributed by atoms with Crippen molar-refractivity contribution in [3.05, 3.63) is 46.8 Å². The molecule has 0 aromatic carbocycles. The van der Waals surface area contributed by atoms with Crippen molar-refractivity contribution in [2.45, 2.75) is 53.9 Å². The Balaban J connectivity index is 5.93. The molecule has 0 saturated heterocycles. The van der Waals surface area contributed by atoms with E-state index in [1.165, 1.54) is 5.57 Å². The first-order valence-corrected chi connectivity index (χ1v) is 7.01. The lowest BCUT2D eigenvalue weighted by Crippen LogP contribution is -2.08. The molecule has 2 heteroatoms. The zero-order chi connectivity index (χ0) is 14.8. The molecule has 0 amide bonds. The quantitative estimate of drug-likeness (QED) is 0.513. The van der Waals surface area contributed by atoms with Crippen LogP contribution in [0.1, 0.15) is 53.9 Å². The topological polar surface area (TPSA) is 38.4 Å². The number of unbranched alkanes of at least 4 members (excludes halogenated alkanes) is 1. The van der Waals surface area contributed by atoms with Gasteiger partial charge >= 0.3 is 0 Å². The third-order valence-electron chi connectivity index (χ3n) is 3.11. The summed E-state index contributed by atoms with van der Waals surface area (Å²) in [6.45, 7) is 14.2. The van der Waals surface area contributed by atoms with Gasteiger partial charge in [-0.25, -0.2) is 0 Å². The van der Waals surface area contributed by atoms with E-state index in [0.29, 0.717) is 0 Å². The van der Waals surface area contributed by atoms with Crippen molar-refractivity contribution in [3.8, 4) is 0 Å². The van der Waals surface area contributed by atoms with Gasteiger partial charge in [0.15, 0.2) is 0 Å². The van der Waals surface area contributed by atoms with E-state index in [4.69, 9.17) is 5.73 Å². The average Bonchev–Trinajstić information content (AvgIpc) is 2.41. The highest BCUT2D eigenvalue weighted by atomic mass is 14.7. The van der Waals surface area contributed by atoms with Crippen LogP contribution in [0.4, 0.5) is 0 Å². The van der Waals surface area contributed by atoms with Crippen LogP contribution in [-0.2, 0) is 0 Å². The van der Waals surface area contributed by atoms with Crippen LogP contribution in [0.2, 0.25) is 0 Å². The summed E-state index contributed by atoms with van der Waals surface area (Å²) in [6, 6.07) is 0. The lowest BCUT2D eigenvalue weighted by molar-refractivity contribution is 0.950. The highest BCUT2D eigenvalue weighted by Crippen LogP contribution is 2.25. The Labute approximate surface area is 118 Å². The van der Waals surface area contributed by atoms with Crippen molar-refractivity contribution in [2.75, 3.05) is 0 Å². The van der Waals surface area contributed by atoms with Gasteiger partial charge in [-0.05, 0) is 44.8 Å². The molecule has 0 aliphatic carbocycles. The maximum Gasteiger partial charge on any atom is 0.0467 e. The van der Waals surface area contributed by atoms with E-state index in [1.807, 2.05) is 19.9 Å². The first-order valence-electron chi connectivity index (χ1n) is 7.01. The van der Waals surface area contributed by atoms with Gasteiger partial charge in [-0.1, -0.05) is 39.0 Å². The molecule has 0 bridgehead atoms. The molecule has 0 aliphatic heterocycles. The van der Waals surface area contributed by atoms with Crippen LogP contribution in [0.25, 0.3) is 0 Å². The standard InChI is InChI=1S/C17H28N2/c1-7-11-12-15(9-3)16(14(6)19-10-4)17(18)13(5)8-2/h9-10,12H,3,7-8,11,18H2,1-2,4-6H3/b15-12-,16-14-,17-13-,19-10?. The van der Waals surface area contributed by atoms with Crippen LogP contribution in [-0.4, -0.2) is 6.21 Å². The molecule has 19 heavy (non-hydrogen) atoms. The molecule has 0 aliphatic rings. The van der Waals surface area contributed by atoms with Crippen LogP contribution >= 0.6 is 0 Å². The molecule has 0 heterocycles. The highest BCUT2D eigenvalue weighted by Gasteiger charge is 2.11. The summed E-state index contributed by atoms with van der Waals surface area (Å²) in [5.41, 5.74) is 11.4. The largest absolute Gasteiger partial charge is 0.398 e. The smallest absolute Gasteiger partial charge is 0.0467 e. The Hall–Kier alpha value is -1.57. The molecule has 0 atom stereocenters. The Kier molecular flexibility index (Phi) is 8.60. The van der Waals surface area contributed by atoms with Crippen LogP contribution in [0.3, 0.4) is 0 Å². The summed E-state index contributed by atoms with van der Waals surface area (Å²) in [6.07, 6.45) is 8.92. The molecule has 0 aromatic heterocycles. The summed E-state index contributed by atoms with van der Waals surface area (Å²) < 4.78 is 0. The van der Waals surface area contributed by atoms with Crippen molar-refractivity contribution in [1.82, 2.24) is 0 Å². The molecule has 0 rings (SSSR count). The second-order valence-corrected chi connectivity index (χ2v) is 4.55. The highest BCUT2D eigenvalue weighted by molar-refractivity contribution is 5.59. The fourth-order valence-corrected chi connectivity index (χ4v) is 1.81. The second-order valence-electron chi connectivity index (χ2n) is 4.55. The van der Waals surface area contributed by atoms with Gasteiger partial charge in [0.05, 0.1) is 0 Å². The molecular weight excluding hydrogens is 232 g/mol. The lowest BCUT2D eigenvalue weighted by atomic mass is 9.96. The van der Waals surface area contributed by atoms with Crippen LogP contribution < -0.4 is 5.73 Å². The molecule has 0 radical (unpaired) electrons. The average molecular weight is 260 g/mol. The molecule has 2 nitrogen and oxygen atoms in total. The monoisotopic (exact) mass is 260 g/mol. The minimum absolute atomic E-state index is 0.827. The van der Waals surface area contributed by atoms with Gasteiger partial charge in [0, 0.05) is 23.2 Å². The molecular formula is C17H28N2.